The first-order valence-electron chi connectivity index (χ1n) is 34.5. The van der Waals surface area contributed by atoms with E-state index in [9.17, 15) is 10.5 Å². The molecule has 0 aliphatic carbocycles. The van der Waals surface area contributed by atoms with Gasteiger partial charge in [0.1, 0.15) is 0 Å². The summed E-state index contributed by atoms with van der Waals surface area (Å²) in [6, 6.07) is 108. The van der Waals surface area contributed by atoms with Crippen molar-refractivity contribution >= 4 is 101 Å². The second-order valence-corrected chi connectivity index (χ2v) is 30.0. The molecule has 17 rings (SSSR count). The van der Waals surface area contributed by atoms with E-state index >= 15 is 0 Å². The molecule has 13 aromatic carbocycles. The van der Waals surface area contributed by atoms with Crippen molar-refractivity contribution in [3.63, 3.8) is 0 Å². The molecule has 7 heteroatoms. The molecular formula is C92H73BN6. The van der Waals surface area contributed by atoms with Crippen LogP contribution in [0, 0.1) is 22.7 Å². The minimum Gasteiger partial charge on any atom is -0.310 e. The minimum atomic E-state index is -0.382. The Hall–Kier alpha value is -11.9. The van der Waals surface area contributed by atoms with E-state index in [0.717, 1.165) is 129 Å². The highest BCUT2D eigenvalue weighted by Crippen LogP contribution is 2.55. The Morgan fingerprint density at radius 3 is 0.970 bits per heavy atom. The zero-order valence-corrected chi connectivity index (χ0v) is 57.3. The van der Waals surface area contributed by atoms with E-state index in [4.69, 9.17) is 0 Å². The standard InChI is InChI=1S/C92H73BN6/c1-90(2,3)64-42-38-60(39-43-64)69-30-20-32-71(62-24-18-22-58(50-62)56-94)88(69)98-83-54-67(96-79-34-14-10-26-73(79)74-27-11-15-35-80(74)96)46-48-77(83)93-78-49-47-68(97-81-36-16-12-28-75(81)76-29-13-17-37-82(76)97)55-84(78)99(86-53-66(92(7,8)9)52-85(98)87(86)93)89-70(61-40-44-65(45-41-61)91(4,5)6)31-21-33-72(89)63-25-19-23-59(51-63)57-95/h10-55H,1-9H3. The average Bonchev–Trinajstić information content (AvgIpc) is 1.68. The smallest absolute Gasteiger partial charge is 0.252 e. The average molecular weight is 1270 g/mol. The third-order valence-corrected chi connectivity index (χ3v) is 20.8. The van der Waals surface area contributed by atoms with Crippen LogP contribution < -0.4 is 26.2 Å². The van der Waals surface area contributed by atoms with Crippen molar-refractivity contribution in [1.29, 1.82) is 10.5 Å². The lowest BCUT2D eigenvalue weighted by atomic mass is 9.33. The van der Waals surface area contributed by atoms with E-state index in [0.29, 0.717) is 11.1 Å². The van der Waals surface area contributed by atoms with E-state index in [1.165, 1.54) is 38.1 Å². The second-order valence-electron chi connectivity index (χ2n) is 30.0. The number of hydrogen-bond acceptors (Lipinski definition) is 4. The lowest BCUT2D eigenvalue weighted by Gasteiger charge is -2.46. The summed E-state index contributed by atoms with van der Waals surface area (Å²) in [7, 11) is 0. The van der Waals surface area contributed by atoms with Crippen molar-refractivity contribution in [3.05, 3.63) is 307 Å². The molecule has 6 nitrogen and oxygen atoms in total. The van der Waals surface area contributed by atoms with Crippen LogP contribution in [-0.2, 0) is 16.2 Å². The molecule has 15 aromatic rings. The van der Waals surface area contributed by atoms with Crippen LogP contribution in [0.3, 0.4) is 0 Å². The quantitative estimate of drug-likeness (QED) is 0.142. The van der Waals surface area contributed by atoms with E-state index in [1.807, 2.05) is 24.3 Å². The Bertz CT molecular complexity index is 5450. The Morgan fingerprint density at radius 2 is 0.626 bits per heavy atom. The van der Waals surface area contributed by atoms with Crippen LogP contribution in [0.15, 0.2) is 279 Å². The fourth-order valence-corrected chi connectivity index (χ4v) is 15.9. The van der Waals surface area contributed by atoms with Gasteiger partial charge in [-0.3, -0.25) is 0 Å². The van der Waals surface area contributed by atoms with Crippen LogP contribution in [0.5, 0.6) is 0 Å². The highest BCUT2D eigenvalue weighted by Gasteiger charge is 2.46. The first-order chi connectivity index (χ1) is 47.9. The van der Waals surface area contributed by atoms with Gasteiger partial charge in [-0.2, -0.15) is 10.5 Å². The number of benzene rings is 13. The number of hydrogen-bond donors (Lipinski definition) is 0. The predicted octanol–water partition coefficient (Wildman–Crippen LogP) is 22.3. The van der Waals surface area contributed by atoms with E-state index in [-0.39, 0.29) is 23.0 Å². The maximum atomic E-state index is 10.7. The number of aromatic nitrogens is 2. The normalized spacial score (nSPS) is 12.8. The molecule has 474 valence electrons. The first-order valence-corrected chi connectivity index (χ1v) is 34.5. The van der Waals surface area contributed by atoms with Gasteiger partial charge in [0.05, 0.1) is 56.7 Å². The summed E-state index contributed by atoms with van der Waals surface area (Å²) in [5.41, 5.74) is 28.8. The topological polar surface area (TPSA) is 63.9 Å². The Balaban J connectivity index is 1.05. The fourth-order valence-electron chi connectivity index (χ4n) is 15.9. The van der Waals surface area contributed by atoms with Crippen LogP contribution in [0.4, 0.5) is 34.1 Å². The molecule has 2 aromatic heterocycles. The van der Waals surface area contributed by atoms with Crippen molar-refractivity contribution in [1.82, 2.24) is 9.13 Å². The third kappa shape index (κ3) is 9.89. The highest BCUT2D eigenvalue weighted by atomic mass is 15.2. The van der Waals surface area contributed by atoms with Gasteiger partial charge in [0.15, 0.2) is 0 Å². The molecule has 0 atom stereocenters. The summed E-state index contributed by atoms with van der Waals surface area (Å²) in [5, 5.41) is 26.2. The number of nitrogens with zero attached hydrogens (tertiary/aromatic N) is 6. The zero-order valence-electron chi connectivity index (χ0n) is 57.3. The molecule has 0 unspecified atom stereocenters. The molecule has 0 N–H and O–H groups in total. The number of anilines is 6. The second kappa shape index (κ2) is 22.9. The van der Waals surface area contributed by atoms with Gasteiger partial charge in [0.25, 0.3) is 6.71 Å². The number of para-hydroxylation sites is 6. The maximum absolute atomic E-state index is 10.7. The van der Waals surface area contributed by atoms with Gasteiger partial charge in [-0.05, 0) is 157 Å². The van der Waals surface area contributed by atoms with Gasteiger partial charge in [-0.15, -0.1) is 0 Å². The molecule has 2 aliphatic heterocycles. The minimum absolute atomic E-state index is 0.0727. The van der Waals surface area contributed by atoms with Crippen molar-refractivity contribution in [3.8, 4) is 68.0 Å². The molecule has 99 heavy (non-hydrogen) atoms. The predicted molar refractivity (Wildman–Crippen MR) is 416 cm³/mol. The zero-order chi connectivity index (χ0) is 67.8. The van der Waals surface area contributed by atoms with Crippen LogP contribution in [0.1, 0.15) is 90.1 Å². The van der Waals surface area contributed by atoms with Crippen molar-refractivity contribution in [2.45, 2.75) is 78.6 Å². The first kappa shape index (κ1) is 60.7. The summed E-state index contributed by atoms with van der Waals surface area (Å²) >= 11 is 0. The lowest BCUT2D eigenvalue weighted by Crippen LogP contribution is -2.61. The van der Waals surface area contributed by atoms with Gasteiger partial charge in [0.2, 0.25) is 0 Å². The third-order valence-electron chi connectivity index (χ3n) is 20.8. The van der Waals surface area contributed by atoms with E-state index in [2.05, 4.69) is 348 Å². The molecule has 0 spiro atoms. The largest absolute Gasteiger partial charge is 0.310 e. The fraction of sp³-hybridized carbons (Fsp3) is 0.130. The molecule has 0 saturated heterocycles. The molecule has 2 aliphatic rings. The molecule has 0 saturated carbocycles. The lowest BCUT2D eigenvalue weighted by molar-refractivity contribution is 0.590. The summed E-state index contributed by atoms with van der Waals surface area (Å²) in [4.78, 5) is 5.23. The van der Waals surface area contributed by atoms with Gasteiger partial charge in [-0.1, -0.05) is 256 Å². The van der Waals surface area contributed by atoms with Gasteiger partial charge in [-0.25, -0.2) is 0 Å². The Kier molecular flexibility index (Phi) is 14.0. The Labute approximate surface area is 580 Å². The molecule has 0 fully saturated rings. The van der Waals surface area contributed by atoms with Crippen LogP contribution >= 0.6 is 0 Å². The summed E-state index contributed by atoms with van der Waals surface area (Å²) in [6.45, 7) is 20.4. The van der Waals surface area contributed by atoms with Gasteiger partial charge in [0, 0.05) is 77.9 Å². The summed E-state index contributed by atoms with van der Waals surface area (Å²) in [6.07, 6.45) is 0. The van der Waals surface area contributed by atoms with Crippen LogP contribution in [-0.4, -0.2) is 15.8 Å². The number of nitriles is 2. The maximum Gasteiger partial charge on any atom is 0.252 e. The monoisotopic (exact) mass is 1270 g/mol. The molecular weight excluding hydrogens is 1200 g/mol. The van der Waals surface area contributed by atoms with Gasteiger partial charge >= 0.3 is 0 Å². The van der Waals surface area contributed by atoms with E-state index in [1.54, 1.807) is 0 Å². The molecule has 0 amide bonds. The van der Waals surface area contributed by atoms with Crippen molar-refractivity contribution < 1.29 is 0 Å². The van der Waals surface area contributed by atoms with E-state index < -0.39 is 0 Å². The SMILES string of the molecule is CC(C)(C)c1ccc(-c2cccc(-c3cccc(C#N)c3)c2N2c3cc(-n4c5ccccc5c5ccccc54)ccc3B3c4ccc(-n5c6ccccc6c6ccccc65)cc4N(c4c(-c5ccc(C(C)(C)C)cc5)cccc4-c4cccc(C#N)c4)c4cc(C(C)(C)C)cc2c43)cc1. The summed E-state index contributed by atoms with van der Waals surface area (Å²) < 4.78 is 4.90. The highest BCUT2D eigenvalue weighted by molar-refractivity contribution is 7.00. The van der Waals surface area contributed by atoms with Crippen LogP contribution in [0.25, 0.3) is 99.5 Å². The Morgan fingerprint density at radius 1 is 0.293 bits per heavy atom. The number of rotatable bonds is 8. The van der Waals surface area contributed by atoms with Gasteiger partial charge < -0.3 is 18.9 Å². The number of fused-ring (bicyclic) bond motifs is 10. The molecule has 4 heterocycles. The van der Waals surface area contributed by atoms with Crippen molar-refractivity contribution in [2.24, 2.45) is 0 Å². The van der Waals surface area contributed by atoms with Crippen LogP contribution in [0.2, 0.25) is 0 Å². The van der Waals surface area contributed by atoms with Crippen molar-refractivity contribution in [2.75, 3.05) is 9.80 Å². The summed E-state index contributed by atoms with van der Waals surface area (Å²) in [5.74, 6) is 0. The molecule has 0 bridgehead atoms. The molecule has 0 radical (unpaired) electrons.